The second-order valence-corrected chi connectivity index (χ2v) is 7.56. The summed E-state index contributed by atoms with van der Waals surface area (Å²) in [6.45, 7) is 4.22. The minimum Gasteiger partial charge on any atom is -0.379 e. The van der Waals surface area contributed by atoms with Crippen LogP contribution in [0, 0.1) is 24.0 Å². The highest BCUT2D eigenvalue weighted by molar-refractivity contribution is 7.90. The average Bonchev–Trinajstić information content (AvgIpc) is 2.81. The quantitative estimate of drug-likeness (QED) is 0.462. The van der Waals surface area contributed by atoms with Crippen molar-refractivity contribution in [2.24, 2.45) is 0 Å². The van der Waals surface area contributed by atoms with Crippen LogP contribution in [-0.4, -0.2) is 31.3 Å². The monoisotopic (exact) mass is 353 g/mol. The zero-order valence-electron chi connectivity index (χ0n) is 13.7. The second-order valence-electron chi connectivity index (χ2n) is 5.54. The Balaban J connectivity index is 2.06. The molecule has 1 aromatic heterocycles. The van der Waals surface area contributed by atoms with Crippen LogP contribution >= 0.6 is 0 Å². The Morgan fingerprint density at radius 1 is 1.33 bits per heavy atom. The number of nitro benzene ring substituents is 1. The van der Waals surface area contributed by atoms with Gasteiger partial charge in [-0.15, -0.1) is 0 Å². The zero-order valence-corrected chi connectivity index (χ0v) is 14.5. The maximum absolute atomic E-state index is 11.5. The molecule has 1 heterocycles. The second kappa shape index (κ2) is 7.00. The molecule has 1 N–H and O–H groups in total. The smallest absolute Gasteiger partial charge is 0.293 e. The van der Waals surface area contributed by atoms with Gasteiger partial charge < -0.3 is 9.84 Å². The Bertz CT molecular complexity index is 838. The molecule has 0 atom stereocenters. The van der Waals surface area contributed by atoms with Crippen molar-refractivity contribution in [3.8, 4) is 0 Å². The third kappa shape index (κ3) is 4.10. The van der Waals surface area contributed by atoms with Crippen molar-refractivity contribution in [1.82, 2.24) is 5.16 Å². The van der Waals surface area contributed by atoms with Crippen LogP contribution in [0.15, 0.2) is 27.6 Å². The van der Waals surface area contributed by atoms with Crippen molar-refractivity contribution in [1.29, 1.82) is 0 Å². The molecule has 24 heavy (non-hydrogen) atoms. The van der Waals surface area contributed by atoms with Gasteiger partial charge in [-0.25, -0.2) is 8.42 Å². The SMILES string of the molecule is Cc1noc(C)c1CCCNc1ccc(S(C)(=O)=O)cc1[N+](=O)[O-]. The Kier molecular flexibility index (Phi) is 5.23. The summed E-state index contributed by atoms with van der Waals surface area (Å²) in [5.74, 6) is 0.774. The largest absolute Gasteiger partial charge is 0.379 e. The summed E-state index contributed by atoms with van der Waals surface area (Å²) < 4.78 is 28.1. The van der Waals surface area contributed by atoms with Crippen LogP contribution in [0.2, 0.25) is 0 Å². The maximum atomic E-state index is 11.5. The van der Waals surface area contributed by atoms with Crippen molar-refractivity contribution in [3.05, 3.63) is 45.3 Å². The number of nitrogens with zero attached hydrogens (tertiary/aromatic N) is 2. The highest BCUT2D eigenvalue weighted by Gasteiger charge is 2.18. The predicted octanol–water partition coefficient (Wildman–Crippen LogP) is 2.65. The van der Waals surface area contributed by atoms with E-state index in [1.54, 1.807) is 0 Å². The molecule has 8 nitrogen and oxygen atoms in total. The molecule has 2 rings (SSSR count). The number of nitrogens with one attached hydrogen (secondary N) is 1. The summed E-state index contributed by atoms with van der Waals surface area (Å²) in [5.41, 5.74) is 1.93. The molecule has 2 aromatic rings. The highest BCUT2D eigenvalue weighted by Crippen LogP contribution is 2.27. The van der Waals surface area contributed by atoms with E-state index >= 15 is 0 Å². The number of benzene rings is 1. The van der Waals surface area contributed by atoms with Crippen molar-refractivity contribution >= 4 is 21.2 Å². The normalized spacial score (nSPS) is 11.5. The van der Waals surface area contributed by atoms with E-state index in [0.717, 1.165) is 42.2 Å². The first kappa shape index (κ1) is 17.9. The van der Waals surface area contributed by atoms with Crippen LogP contribution in [0.1, 0.15) is 23.4 Å². The van der Waals surface area contributed by atoms with Gasteiger partial charge in [-0.05, 0) is 38.8 Å². The first-order valence-electron chi connectivity index (χ1n) is 7.34. The van der Waals surface area contributed by atoms with E-state index in [1.165, 1.54) is 12.1 Å². The van der Waals surface area contributed by atoms with E-state index in [1.807, 2.05) is 13.8 Å². The molecule has 9 heteroatoms. The lowest BCUT2D eigenvalue weighted by atomic mass is 10.1. The van der Waals surface area contributed by atoms with Gasteiger partial charge in [0.1, 0.15) is 11.4 Å². The van der Waals surface area contributed by atoms with E-state index in [4.69, 9.17) is 4.52 Å². The lowest BCUT2D eigenvalue weighted by Crippen LogP contribution is -2.07. The molecule has 0 saturated heterocycles. The number of anilines is 1. The van der Waals surface area contributed by atoms with E-state index in [9.17, 15) is 18.5 Å². The van der Waals surface area contributed by atoms with Crippen molar-refractivity contribution in [3.63, 3.8) is 0 Å². The molecule has 1 aromatic carbocycles. The third-order valence-electron chi connectivity index (χ3n) is 3.69. The maximum Gasteiger partial charge on any atom is 0.293 e. The van der Waals surface area contributed by atoms with Gasteiger partial charge in [0.2, 0.25) is 0 Å². The number of hydrogen-bond donors (Lipinski definition) is 1. The fraction of sp³-hybridized carbons (Fsp3) is 0.400. The summed E-state index contributed by atoms with van der Waals surface area (Å²) in [5, 5.41) is 18.0. The molecule has 0 amide bonds. The van der Waals surface area contributed by atoms with E-state index in [0.29, 0.717) is 12.2 Å². The third-order valence-corrected chi connectivity index (χ3v) is 4.80. The molecule has 130 valence electrons. The van der Waals surface area contributed by atoms with Crippen molar-refractivity contribution in [2.75, 3.05) is 18.1 Å². The lowest BCUT2D eigenvalue weighted by molar-refractivity contribution is -0.384. The first-order valence-corrected chi connectivity index (χ1v) is 9.23. The molecule has 0 aliphatic heterocycles. The molecule has 0 spiro atoms. The molecule has 0 radical (unpaired) electrons. The lowest BCUT2D eigenvalue weighted by Gasteiger charge is -2.08. The van der Waals surface area contributed by atoms with Gasteiger partial charge in [-0.2, -0.15) is 0 Å². The Morgan fingerprint density at radius 2 is 2.04 bits per heavy atom. The van der Waals surface area contributed by atoms with E-state index in [-0.39, 0.29) is 10.6 Å². The van der Waals surface area contributed by atoms with Gasteiger partial charge in [0.15, 0.2) is 9.84 Å². The summed E-state index contributed by atoms with van der Waals surface area (Å²) >= 11 is 0. The molecular weight excluding hydrogens is 334 g/mol. The average molecular weight is 353 g/mol. The van der Waals surface area contributed by atoms with Crippen LogP contribution < -0.4 is 5.32 Å². The molecule has 0 bridgehead atoms. The fourth-order valence-corrected chi connectivity index (χ4v) is 3.03. The number of hydrogen-bond acceptors (Lipinski definition) is 7. The number of aromatic nitrogens is 1. The first-order chi connectivity index (χ1) is 11.2. The van der Waals surface area contributed by atoms with Crippen LogP contribution in [0.4, 0.5) is 11.4 Å². The Hall–Kier alpha value is -2.42. The molecule has 0 saturated carbocycles. The molecule has 0 unspecified atom stereocenters. The summed E-state index contributed by atoms with van der Waals surface area (Å²) in [6, 6.07) is 3.86. The Labute approximate surface area is 139 Å². The van der Waals surface area contributed by atoms with Gasteiger partial charge in [0.05, 0.1) is 15.5 Å². The topological polar surface area (TPSA) is 115 Å². The van der Waals surface area contributed by atoms with Crippen LogP contribution in [0.25, 0.3) is 0 Å². The Morgan fingerprint density at radius 3 is 2.58 bits per heavy atom. The van der Waals surface area contributed by atoms with E-state index < -0.39 is 14.8 Å². The molecule has 0 aliphatic carbocycles. The summed E-state index contributed by atoms with van der Waals surface area (Å²) in [7, 11) is -3.49. The number of aryl methyl sites for hydroxylation is 2. The number of nitro groups is 1. The van der Waals surface area contributed by atoms with Gasteiger partial charge >= 0.3 is 0 Å². The molecular formula is C15H19N3O5S. The van der Waals surface area contributed by atoms with Crippen LogP contribution in [-0.2, 0) is 16.3 Å². The van der Waals surface area contributed by atoms with Crippen LogP contribution in [0.5, 0.6) is 0 Å². The van der Waals surface area contributed by atoms with Crippen molar-refractivity contribution in [2.45, 2.75) is 31.6 Å². The summed E-state index contributed by atoms with van der Waals surface area (Å²) in [6.07, 6.45) is 2.49. The predicted molar refractivity (Wildman–Crippen MR) is 89.0 cm³/mol. The zero-order chi connectivity index (χ0) is 17.9. The molecule has 0 fully saturated rings. The van der Waals surface area contributed by atoms with Gasteiger partial charge in [-0.3, -0.25) is 10.1 Å². The van der Waals surface area contributed by atoms with Gasteiger partial charge in [0, 0.05) is 24.4 Å². The minimum atomic E-state index is -3.49. The minimum absolute atomic E-state index is 0.0736. The van der Waals surface area contributed by atoms with Crippen molar-refractivity contribution < 1.29 is 17.9 Å². The number of sulfone groups is 1. The standard InChI is InChI=1S/C15H19N3O5S/c1-10-13(11(2)23-17-10)5-4-8-16-14-7-6-12(24(3,21)22)9-15(14)18(19)20/h6-7,9,16H,4-5,8H2,1-3H3. The van der Waals surface area contributed by atoms with Gasteiger partial charge in [0.25, 0.3) is 5.69 Å². The van der Waals surface area contributed by atoms with Gasteiger partial charge in [-0.1, -0.05) is 5.16 Å². The molecule has 0 aliphatic rings. The van der Waals surface area contributed by atoms with E-state index in [2.05, 4.69) is 10.5 Å². The summed E-state index contributed by atoms with van der Waals surface area (Å²) in [4.78, 5) is 10.5. The fourth-order valence-electron chi connectivity index (χ4n) is 2.39. The highest BCUT2D eigenvalue weighted by atomic mass is 32.2. The number of rotatable bonds is 7. The van der Waals surface area contributed by atoms with Crippen LogP contribution in [0.3, 0.4) is 0 Å².